The second kappa shape index (κ2) is 5.73. The van der Waals surface area contributed by atoms with E-state index in [4.69, 9.17) is 0 Å². The van der Waals surface area contributed by atoms with Crippen molar-refractivity contribution in [2.24, 2.45) is 0 Å². The van der Waals surface area contributed by atoms with Gasteiger partial charge in [-0.05, 0) is 99.0 Å². The Bertz CT molecular complexity index is 2160. The molecule has 154 valence electrons. The van der Waals surface area contributed by atoms with E-state index in [-0.39, 0.29) is 0 Å². The molecule has 0 unspecified atom stereocenters. The molecular weight excluding hydrogens is 408 g/mol. The van der Waals surface area contributed by atoms with Crippen molar-refractivity contribution >= 4 is 64.6 Å². The summed E-state index contributed by atoms with van der Waals surface area (Å²) >= 11 is 0. The SMILES string of the molecule is c1ccc2c(c1)-c1cccc3c1c-2cc1c3cc2ccc3cccc4c5ccccc5c1c2c34. The van der Waals surface area contributed by atoms with Gasteiger partial charge in [-0.2, -0.15) is 0 Å². The van der Waals surface area contributed by atoms with E-state index in [0.29, 0.717) is 0 Å². The molecule has 8 aromatic rings. The van der Waals surface area contributed by atoms with Crippen LogP contribution in [-0.4, -0.2) is 0 Å². The molecule has 0 heteroatoms. The van der Waals surface area contributed by atoms with Crippen LogP contribution >= 0.6 is 0 Å². The van der Waals surface area contributed by atoms with Gasteiger partial charge in [0.05, 0.1) is 0 Å². The van der Waals surface area contributed by atoms with Crippen molar-refractivity contribution < 1.29 is 0 Å². The first-order chi connectivity index (χ1) is 16.9. The van der Waals surface area contributed by atoms with Crippen molar-refractivity contribution in [2.45, 2.75) is 0 Å². The summed E-state index contributed by atoms with van der Waals surface area (Å²) in [6.07, 6.45) is 0. The smallest absolute Gasteiger partial charge is 0.00137 e. The lowest BCUT2D eigenvalue weighted by Gasteiger charge is -2.18. The molecule has 1 aliphatic carbocycles. The van der Waals surface area contributed by atoms with Crippen molar-refractivity contribution in [2.75, 3.05) is 0 Å². The predicted octanol–water partition coefficient (Wildman–Crippen LogP) is 9.69. The quantitative estimate of drug-likeness (QED) is 0.167. The Kier molecular flexibility index (Phi) is 2.88. The third-order valence-electron chi connectivity index (χ3n) is 8.09. The maximum atomic E-state index is 2.48. The molecule has 0 spiro atoms. The van der Waals surface area contributed by atoms with Crippen molar-refractivity contribution in [3.8, 4) is 22.3 Å². The first kappa shape index (κ1) is 17.1. The van der Waals surface area contributed by atoms with Gasteiger partial charge in [0.25, 0.3) is 0 Å². The minimum absolute atomic E-state index is 1.32. The summed E-state index contributed by atoms with van der Waals surface area (Å²) in [5, 5.41) is 16.3. The Morgan fingerprint density at radius 3 is 1.76 bits per heavy atom. The van der Waals surface area contributed by atoms with Gasteiger partial charge in [0.15, 0.2) is 0 Å². The van der Waals surface area contributed by atoms with Gasteiger partial charge in [-0.25, -0.2) is 0 Å². The monoisotopic (exact) mass is 426 g/mol. The van der Waals surface area contributed by atoms with E-state index in [0.717, 1.165) is 0 Å². The third kappa shape index (κ3) is 1.85. The Morgan fingerprint density at radius 2 is 0.882 bits per heavy atom. The van der Waals surface area contributed by atoms with Gasteiger partial charge < -0.3 is 0 Å². The van der Waals surface area contributed by atoms with Crippen LogP contribution in [0.4, 0.5) is 0 Å². The maximum absolute atomic E-state index is 2.48. The molecule has 0 fully saturated rings. The summed E-state index contributed by atoms with van der Waals surface area (Å²) in [6.45, 7) is 0. The fourth-order valence-electron chi connectivity index (χ4n) is 6.77. The van der Waals surface area contributed by atoms with Gasteiger partial charge in [0.2, 0.25) is 0 Å². The molecule has 0 aliphatic heterocycles. The molecule has 0 nitrogen and oxygen atoms in total. The highest BCUT2D eigenvalue weighted by Gasteiger charge is 2.24. The second-order valence-electron chi connectivity index (χ2n) is 9.66. The van der Waals surface area contributed by atoms with Gasteiger partial charge in [0, 0.05) is 0 Å². The zero-order valence-corrected chi connectivity index (χ0v) is 18.4. The van der Waals surface area contributed by atoms with E-state index in [2.05, 4.69) is 109 Å². The van der Waals surface area contributed by atoms with Gasteiger partial charge in [-0.3, -0.25) is 0 Å². The van der Waals surface area contributed by atoms with Crippen molar-refractivity contribution in [1.29, 1.82) is 0 Å². The van der Waals surface area contributed by atoms with Crippen LogP contribution in [0.2, 0.25) is 0 Å². The first-order valence-electron chi connectivity index (χ1n) is 12.0. The van der Waals surface area contributed by atoms with E-state index in [9.17, 15) is 0 Å². The normalized spacial score (nSPS) is 12.7. The summed E-state index contributed by atoms with van der Waals surface area (Å²) in [7, 11) is 0. The number of hydrogen-bond donors (Lipinski definition) is 0. The second-order valence-corrected chi connectivity index (χ2v) is 9.66. The van der Waals surface area contributed by atoms with Crippen LogP contribution in [0.1, 0.15) is 0 Å². The zero-order valence-electron chi connectivity index (χ0n) is 18.4. The molecule has 34 heavy (non-hydrogen) atoms. The molecule has 0 radical (unpaired) electrons. The topological polar surface area (TPSA) is 0 Å². The lowest BCUT2D eigenvalue weighted by molar-refractivity contribution is 1.70. The molecule has 0 amide bonds. The van der Waals surface area contributed by atoms with Crippen LogP contribution in [0.5, 0.6) is 0 Å². The molecule has 0 bridgehead atoms. The average Bonchev–Trinajstić information content (AvgIpc) is 3.22. The van der Waals surface area contributed by atoms with E-state index in [1.54, 1.807) is 0 Å². The minimum Gasteiger partial charge on any atom is -0.0616 e. The van der Waals surface area contributed by atoms with Crippen LogP contribution < -0.4 is 0 Å². The average molecular weight is 427 g/mol. The molecule has 0 heterocycles. The number of hydrogen-bond acceptors (Lipinski definition) is 0. The van der Waals surface area contributed by atoms with Crippen molar-refractivity contribution in [1.82, 2.24) is 0 Å². The summed E-state index contributed by atoms with van der Waals surface area (Å²) < 4.78 is 0. The largest absolute Gasteiger partial charge is 0.0616 e. The molecule has 8 aromatic carbocycles. The summed E-state index contributed by atoms with van der Waals surface area (Å²) in [5.41, 5.74) is 5.43. The molecule has 9 rings (SSSR count). The van der Waals surface area contributed by atoms with E-state index >= 15 is 0 Å². The van der Waals surface area contributed by atoms with Crippen LogP contribution in [0.3, 0.4) is 0 Å². The number of benzene rings is 8. The van der Waals surface area contributed by atoms with Crippen molar-refractivity contribution in [3.63, 3.8) is 0 Å². The Labute approximate surface area is 196 Å². The summed E-state index contributed by atoms with van der Waals surface area (Å²) in [6, 6.07) is 40.9. The lowest BCUT2D eigenvalue weighted by atomic mass is 9.85. The molecule has 0 atom stereocenters. The third-order valence-corrected chi connectivity index (χ3v) is 8.09. The fraction of sp³-hybridized carbons (Fsp3) is 0. The van der Waals surface area contributed by atoms with Crippen LogP contribution in [0.25, 0.3) is 86.9 Å². The van der Waals surface area contributed by atoms with E-state index in [1.165, 1.54) is 86.9 Å². The highest BCUT2D eigenvalue weighted by Crippen LogP contribution is 2.52. The number of fused-ring (bicyclic) bond motifs is 9. The maximum Gasteiger partial charge on any atom is -0.00137 e. The highest BCUT2D eigenvalue weighted by molar-refractivity contribution is 6.41. The van der Waals surface area contributed by atoms with Gasteiger partial charge in [-0.1, -0.05) is 97.1 Å². The molecule has 0 aromatic heterocycles. The molecule has 0 saturated carbocycles. The van der Waals surface area contributed by atoms with Gasteiger partial charge in [0.1, 0.15) is 0 Å². The summed E-state index contributed by atoms with van der Waals surface area (Å²) in [4.78, 5) is 0. The van der Waals surface area contributed by atoms with Crippen molar-refractivity contribution in [3.05, 3.63) is 109 Å². The highest BCUT2D eigenvalue weighted by atomic mass is 14.3. The molecular formula is C34H18. The van der Waals surface area contributed by atoms with E-state index in [1.807, 2.05) is 0 Å². The minimum atomic E-state index is 1.32. The lowest BCUT2D eigenvalue weighted by Crippen LogP contribution is -1.90. The Morgan fingerprint density at radius 1 is 0.265 bits per heavy atom. The number of rotatable bonds is 0. The first-order valence-corrected chi connectivity index (χ1v) is 12.0. The van der Waals surface area contributed by atoms with Crippen LogP contribution in [0.15, 0.2) is 109 Å². The van der Waals surface area contributed by atoms with Crippen LogP contribution in [0, 0.1) is 0 Å². The van der Waals surface area contributed by atoms with Crippen LogP contribution in [-0.2, 0) is 0 Å². The molecule has 0 saturated heterocycles. The van der Waals surface area contributed by atoms with Gasteiger partial charge >= 0.3 is 0 Å². The standard InChI is InChI=1S/C34H18/c1-2-9-22-21(8-1)25-13-6-14-27-28-17-20-16-15-19-7-5-12-24-23-10-3-4-11-26(23)34(32(20)31(19)24)30(28)18-29(22)33(25)27/h1-18H. The van der Waals surface area contributed by atoms with Gasteiger partial charge in [-0.15, -0.1) is 0 Å². The Hall–Kier alpha value is -4.42. The zero-order chi connectivity index (χ0) is 22.0. The summed E-state index contributed by atoms with van der Waals surface area (Å²) in [5.74, 6) is 0. The predicted molar refractivity (Wildman–Crippen MR) is 147 cm³/mol. The Balaban J connectivity index is 1.66. The fourth-order valence-corrected chi connectivity index (χ4v) is 6.77. The molecule has 1 aliphatic rings. The van der Waals surface area contributed by atoms with E-state index < -0.39 is 0 Å². The molecule has 0 N–H and O–H groups in total.